The highest BCUT2D eigenvalue weighted by molar-refractivity contribution is 7.67. The molecule has 0 heterocycles. The van der Waals surface area contributed by atoms with E-state index in [0.717, 1.165) is 59.9 Å². The number of rotatable bonds is 7. The molecule has 62 valence electrons. The molecule has 0 rings (SSSR count). The molecule has 0 aromatic rings. The quantitative estimate of drug-likeness (QED) is 0.322. The van der Waals surface area contributed by atoms with Gasteiger partial charge >= 0.3 is 0 Å². The predicted molar refractivity (Wildman–Crippen MR) is 84.2 cm³/mol. The van der Waals surface area contributed by atoms with Crippen LogP contribution in [0.1, 0.15) is 0 Å². The van der Waals surface area contributed by atoms with Crippen molar-refractivity contribution in [1.29, 1.82) is 0 Å². The zero-order valence-electron chi connectivity index (χ0n) is 7.66. The molecular formula is CH22Si9. The molecule has 10 heavy (non-hydrogen) atoms. The van der Waals surface area contributed by atoms with Gasteiger partial charge in [-0.05, 0) is 69.6 Å². The molecule has 0 aliphatic rings. The van der Waals surface area contributed by atoms with Crippen molar-refractivity contribution in [2.45, 2.75) is 6.55 Å². The molecule has 0 fully saturated rings. The first-order valence-corrected chi connectivity index (χ1v) is 40.0. The Kier molecular flexibility index (Phi) is 13.1. The van der Waals surface area contributed by atoms with Crippen LogP contribution in [0, 0.1) is 0 Å². The zero-order valence-corrected chi connectivity index (χ0v) is 21.0. The van der Waals surface area contributed by atoms with Crippen LogP contribution < -0.4 is 0 Å². The van der Waals surface area contributed by atoms with Crippen molar-refractivity contribution in [3.05, 3.63) is 0 Å². The minimum atomic E-state index is 0.674. The first-order chi connectivity index (χ1) is 4.91. The largest absolute Gasteiger partial charge is 0.0773 e. The van der Waals surface area contributed by atoms with E-state index in [1.807, 2.05) is 0 Å². The lowest BCUT2D eigenvalue weighted by molar-refractivity contribution is 2.37. The Morgan fingerprint density at radius 3 is 1.80 bits per heavy atom. The lowest BCUT2D eigenvalue weighted by atomic mass is 11.9. The van der Waals surface area contributed by atoms with E-state index in [1.54, 1.807) is 9.76 Å². The highest BCUT2D eigenvalue weighted by Gasteiger charge is 1.92. The van der Waals surface area contributed by atoms with E-state index in [-0.39, 0.29) is 0 Å². The van der Waals surface area contributed by atoms with E-state index < -0.39 is 0 Å². The smallest absolute Gasteiger partial charge is 0.00140 e. The van der Waals surface area contributed by atoms with E-state index in [2.05, 4.69) is 6.55 Å². The summed E-state index contributed by atoms with van der Waals surface area (Å²) in [7, 11) is 8.42. The van der Waals surface area contributed by atoms with Crippen LogP contribution in [0.25, 0.3) is 0 Å². The molecular weight excluding hydrogens is 265 g/mol. The molecule has 0 nitrogen and oxygen atoms in total. The lowest BCUT2D eigenvalue weighted by Gasteiger charge is -1.93. The second-order valence-electron chi connectivity index (χ2n) is 3.12. The second kappa shape index (κ2) is 11.0. The first-order valence-electron chi connectivity index (χ1n) is 4.91. The van der Waals surface area contributed by atoms with Crippen LogP contribution in [0.4, 0.5) is 0 Å². The molecule has 0 amide bonds. The van der Waals surface area contributed by atoms with Gasteiger partial charge in [0.2, 0.25) is 0 Å². The van der Waals surface area contributed by atoms with Gasteiger partial charge in [0, 0.05) is 9.04 Å². The van der Waals surface area contributed by atoms with Crippen molar-refractivity contribution in [1.82, 2.24) is 0 Å². The summed E-state index contributed by atoms with van der Waals surface area (Å²) < 4.78 is 0. The number of hydrogen-bond acceptors (Lipinski definition) is 0. The van der Waals surface area contributed by atoms with Crippen LogP contribution in [-0.4, -0.2) is 78.7 Å². The van der Waals surface area contributed by atoms with Gasteiger partial charge in [-0.3, -0.25) is 0 Å². The molecule has 0 N–H and O–H groups in total. The van der Waals surface area contributed by atoms with E-state index in [0.29, 0.717) is 9.04 Å². The lowest BCUT2D eigenvalue weighted by Crippen LogP contribution is -2.29. The highest BCUT2D eigenvalue weighted by Crippen LogP contribution is 1.56. The summed E-state index contributed by atoms with van der Waals surface area (Å²) >= 11 is 0. The third-order valence-electron chi connectivity index (χ3n) is 1.96. The molecule has 0 spiro atoms. The van der Waals surface area contributed by atoms with Gasteiger partial charge in [0.05, 0.1) is 0 Å². The monoisotopic (exact) mass is 286 g/mol. The van der Waals surface area contributed by atoms with Gasteiger partial charge in [-0.1, -0.05) is 6.55 Å². The topological polar surface area (TPSA) is 0 Å². The summed E-state index contributed by atoms with van der Waals surface area (Å²) in [5, 5.41) is 0. The van der Waals surface area contributed by atoms with Crippen LogP contribution in [0.15, 0.2) is 0 Å². The summed E-state index contributed by atoms with van der Waals surface area (Å²) in [5.41, 5.74) is 0. The van der Waals surface area contributed by atoms with Crippen LogP contribution in [0.5, 0.6) is 0 Å². The van der Waals surface area contributed by atoms with Gasteiger partial charge < -0.3 is 0 Å². The number of hydrogen-bond donors (Lipinski definition) is 0. The molecule has 0 atom stereocenters. The van der Waals surface area contributed by atoms with Crippen LogP contribution >= 0.6 is 0 Å². The van der Waals surface area contributed by atoms with Gasteiger partial charge in [-0.15, -0.1) is 0 Å². The first kappa shape index (κ1) is 12.0. The normalized spacial score (nSPS) is 20.1. The maximum absolute atomic E-state index is 2.58. The summed E-state index contributed by atoms with van der Waals surface area (Å²) in [6.07, 6.45) is 0. The fourth-order valence-corrected chi connectivity index (χ4v) is 253. The van der Waals surface area contributed by atoms with Crippen molar-refractivity contribution in [3.8, 4) is 0 Å². The summed E-state index contributed by atoms with van der Waals surface area (Å²) in [4.78, 5) is 0. The third-order valence-corrected chi connectivity index (χ3v) is 139. The standard InChI is InChI=1S/CH22Si9/c1-3-5-7-9-10-8-6-4-2/h3-10H2,1-2H3. The molecule has 0 aliphatic carbocycles. The van der Waals surface area contributed by atoms with E-state index >= 15 is 0 Å². The van der Waals surface area contributed by atoms with Crippen LogP contribution in [0.2, 0.25) is 6.55 Å². The Morgan fingerprint density at radius 2 is 1.30 bits per heavy atom. The Bertz CT molecular complexity index is 44.7. The average Bonchev–Trinajstić information content (AvgIpc) is 1.97. The second-order valence-corrected chi connectivity index (χ2v) is 75.3. The third kappa shape index (κ3) is 9.95. The van der Waals surface area contributed by atoms with E-state index in [9.17, 15) is 0 Å². The maximum atomic E-state index is 2.58. The molecule has 0 bridgehead atoms. The van der Waals surface area contributed by atoms with Gasteiger partial charge in [0.25, 0.3) is 0 Å². The van der Waals surface area contributed by atoms with E-state index in [1.165, 1.54) is 0 Å². The summed E-state index contributed by atoms with van der Waals surface area (Å²) in [6.45, 7) is 2.58. The molecule has 0 saturated heterocycles. The van der Waals surface area contributed by atoms with Crippen LogP contribution in [-0.2, 0) is 0 Å². The zero-order chi connectivity index (χ0) is 7.66. The Balaban J connectivity index is 2.65. The highest BCUT2D eigenvalue weighted by atomic mass is 30.0. The fourth-order valence-electron chi connectivity index (χ4n) is 1.21. The SMILES string of the molecule is C[SiH2][SiH2][SiH2][SiH2][SiH2][SiH2][SiH2][SiH2][SiH3]. The maximum Gasteiger partial charge on any atom is 0.00140 e. The van der Waals surface area contributed by atoms with Gasteiger partial charge in [0.1, 0.15) is 0 Å². The van der Waals surface area contributed by atoms with Crippen molar-refractivity contribution < 1.29 is 0 Å². The van der Waals surface area contributed by atoms with E-state index in [4.69, 9.17) is 0 Å². The Labute approximate surface area is 84.8 Å². The summed E-state index contributed by atoms with van der Waals surface area (Å²) in [6, 6.07) is 0. The molecule has 0 radical (unpaired) electrons. The fraction of sp³-hybridized carbons (Fsp3) is 1.00. The van der Waals surface area contributed by atoms with Crippen LogP contribution in [0.3, 0.4) is 0 Å². The predicted octanol–water partition coefficient (Wildman–Crippen LogP) is -7.93. The molecule has 9 heteroatoms. The van der Waals surface area contributed by atoms with Crippen molar-refractivity contribution in [3.63, 3.8) is 0 Å². The summed E-state index contributed by atoms with van der Waals surface area (Å²) in [5.74, 6) is 0. The molecule has 0 saturated carbocycles. The Morgan fingerprint density at radius 1 is 0.800 bits per heavy atom. The van der Waals surface area contributed by atoms with Gasteiger partial charge in [0.15, 0.2) is 0 Å². The van der Waals surface area contributed by atoms with Crippen molar-refractivity contribution in [2.75, 3.05) is 0 Å². The average molecular weight is 287 g/mol. The molecule has 0 aromatic heterocycles. The Hall–Kier alpha value is 1.95. The van der Waals surface area contributed by atoms with Crippen molar-refractivity contribution >= 4 is 78.7 Å². The minimum Gasteiger partial charge on any atom is -0.0773 e. The van der Waals surface area contributed by atoms with Crippen molar-refractivity contribution in [2.24, 2.45) is 0 Å². The van der Waals surface area contributed by atoms with Gasteiger partial charge in [-0.2, -0.15) is 0 Å². The minimum absolute atomic E-state index is 0.674. The molecule has 0 unspecified atom stereocenters. The molecule has 0 aromatic carbocycles. The van der Waals surface area contributed by atoms with Gasteiger partial charge in [-0.25, -0.2) is 0 Å². The molecule has 0 aliphatic heterocycles.